The van der Waals surface area contributed by atoms with Crippen molar-refractivity contribution in [2.75, 3.05) is 0 Å². The highest BCUT2D eigenvalue weighted by molar-refractivity contribution is 5.65. The second-order valence-electron chi connectivity index (χ2n) is 3.65. The largest absolute Gasteiger partial charge is 0.465 e. The molecule has 2 N–H and O–H groups in total. The smallest absolute Gasteiger partial charge is 0.404 e. The molecule has 4 nitrogen and oxygen atoms in total. The minimum atomic E-state index is -0.992. The third kappa shape index (κ3) is 1.91. The summed E-state index contributed by atoms with van der Waals surface area (Å²) in [4.78, 5) is 10.5. The van der Waals surface area contributed by atoms with E-state index >= 15 is 0 Å². The summed E-state index contributed by atoms with van der Waals surface area (Å²) < 4.78 is 0. The Bertz CT molecular complexity index is 448. The summed E-state index contributed by atoms with van der Waals surface area (Å²) in [7, 11) is 0. The number of rotatable bonds is 1. The molecule has 0 spiro atoms. The van der Waals surface area contributed by atoms with Crippen LogP contribution < -0.4 is 5.32 Å². The number of nitrogens with zero attached hydrogens (tertiary/aromatic N) is 1. The van der Waals surface area contributed by atoms with Gasteiger partial charge in [-0.3, -0.25) is 0 Å². The Morgan fingerprint density at radius 1 is 1.47 bits per heavy atom. The van der Waals surface area contributed by atoms with Crippen molar-refractivity contribution in [1.82, 2.24) is 5.32 Å². The third-order valence-electron chi connectivity index (χ3n) is 2.60. The molecule has 1 aromatic rings. The van der Waals surface area contributed by atoms with E-state index in [1.807, 2.05) is 12.1 Å². The fraction of sp³-hybridized carbons (Fsp3) is 0.273. The van der Waals surface area contributed by atoms with E-state index in [1.165, 1.54) is 0 Å². The van der Waals surface area contributed by atoms with E-state index in [9.17, 15) is 4.79 Å². The Kier molecular flexibility index (Phi) is 2.30. The number of nitrogens with one attached hydrogen (secondary N) is 1. The molecule has 1 amide bonds. The Morgan fingerprint density at radius 3 is 2.87 bits per heavy atom. The first kappa shape index (κ1) is 9.53. The molecule has 0 aliphatic heterocycles. The van der Waals surface area contributed by atoms with Crippen molar-refractivity contribution in [3.63, 3.8) is 0 Å². The van der Waals surface area contributed by atoms with Gasteiger partial charge in [0.2, 0.25) is 0 Å². The minimum absolute atomic E-state index is 0.0496. The lowest BCUT2D eigenvalue weighted by Gasteiger charge is -2.07. The quantitative estimate of drug-likeness (QED) is 0.720. The van der Waals surface area contributed by atoms with Crippen LogP contribution >= 0.6 is 0 Å². The average molecular weight is 202 g/mol. The number of hydrogen-bond acceptors (Lipinski definition) is 2. The molecule has 1 unspecified atom stereocenters. The molecule has 2 rings (SSSR count). The van der Waals surface area contributed by atoms with Crippen molar-refractivity contribution in [2.45, 2.75) is 18.9 Å². The van der Waals surface area contributed by atoms with E-state index in [2.05, 4.69) is 11.4 Å². The van der Waals surface area contributed by atoms with Gasteiger partial charge in [-0.2, -0.15) is 5.26 Å². The molecule has 0 bridgehead atoms. The van der Waals surface area contributed by atoms with Gasteiger partial charge in [-0.15, -0.1) is 0 Å². The van der Waals surface area contributed by atoms with Crippen LogP contribution in [0.15, 0.2) is 18.2 Å². The van der Waals surface area contributed by atoms with E-state index in [4.69, 9.17) is 10.4 Å². The number of carbonyl (C=O) groups is 1. The SMILES string of the molecule is N#Cc1ccc2c(c1)CC(NC(=O)O)C2. The minimum Gasteiger partial charge on any atom is -0.465 e. The van der Waals surface area contributed by atoms with Crippen LogP contribution in [0.3, 0.4) is 0 Å². The third-order valence-corrected chi connectivity index (χ3v) is 2.60. The molecule has 15 heavy (non-hydrogen) atoms. The number of carboxylic acid groups (broad SMARTS) is 1. The lowest BCUT2D eigenvalue weighted by Crippen LogP contribution is -2.33. The van der Waals surface area contributed by atoms with Gasteiger partial charge in [0.1, 0.15) is 0 Å². The monoisotopic (exact) mass is 202 g/mol. The number of nitriles is 1. The molecule has 1 aliphatic carbocycles. The van der Waals surface area contributed by atoms with Gasteiger partial charge in [-0.1, -0.05) is 6.07 Å². The molecule has 0 aromatic heterocycles. The molecular formula is C11H10N2O2. The molecule has 1 atom stereocenters. The van der Waals surface area contributed by atoms with Crippen LogP contribution in [0.4, 0.5) is 4.79 Å². The molecule has 0 fully saturated rings. The Hall–Kier alpha value is -2.02. The van der Waals surface area contributed by atoms with E-state index in [-0.39, 0.29) is 6.04 Å². The van der Waals surface area contributed by atoms with Gasteiger partial charge >= 0.3 is 6.09 Å². The van der Waals surface area contributed by atoms with Gasteiger partial charge in [-0.25, -0.2) is 4.79 Å². The van der Waals surface area contributed by atoms with E-state index in [1.54, 1.807) is 6.07 Å². The predicted molar refractivity (Wildman–Crippen MR) is 53.5 cm³/mol. The first-order valence-corrected chi connectivity index (χ1v) is 4.70. The van der Waals surface area contributed by atoms with Crippen LogP contribution in [0, 0.1) is 11.3 Å². The highest BCUT2D eigenvalue weighted by atomic mass is 16.4. The lowest BCUT2D eigenvalue weighted by molar-refractivity contribution is 0.190. The van der Waals surface area contributed by atoms with E-state index < -0.39 is 6.09 Å². The Labute approximate surface area is 87.1 Å². The van der Waals surface area contributed by atoms with Crippen LogP contribution in [0.5, 0.6) is 0 Å². The highest BCUT2D eigenvalue weighted by Gasteiger charge is 2.22. The van der Waals surface area contributed by atoms with Gasteiger partial charge in [0.25, 0.3) is 0 Å². The molecule has 0 saturated heterocycles. The van der Waals surface area contributed by atoms with Crippen molar-refractivity contribution < 1.29 is 9.90 Å². The van der Waals surface area contributed by atoms with Crippen LogP contribution in [0.2, 0.25) is 0 Å². The number of amides is 1. The molecule has 76 valence electrons. The molecule has 1 aromatic carbocycles. The summed E-state index contributed by atoms with van der Waals surface area (Å²) in [5.74, 6) is 0. The van der Waals surface area contributed by atoms with Gasteiger partial charge < -0.3 is 10.4 Å². The fourth-order valence-electron chi connectivity index (χ4n) is 1.96. The maximum Gasteiger partial charge on any atom is 0.404 e. The first-order valence-electron chi connectivity index (χ1n) is 4.70. The maximum atomic E-state index is 10.5. The number of benzene rings is 1. The average Bonchev–Trinajstić information content (AvgIpc) is 2.57. The first-order chi connectivity index (χ1) is 7.19. The molecular weight excluding hydrogens is 192 g/mol. The summed E-state index contributed by atoms with van der Waals surface area (Å²) in [6, 6.07) is 7.52. The van der Waals surface area contributed by atoms with Crippen molar-refractivity contribution in [1.29, 1.82) is 5.26 Å². The summed E-state index contributed by atoms with van der Waals surface area (Å²) in [5, 5.41) is 19.8. The van der Waals surface area contributed by atoms with Crippen molar-refractivity contribution in [3.8, 4) is 6.07 Å². The van der Waals surface area contributed by atoms with E-state index in [0.29, 0.717) is 18.4 Å². The molecule has 1 aliphatic rings. The van der Waals surface area contributed by atoms with Gasteiger partial charge in [0, 0.05) is 6.04 Å². The summed E-state index contributed by atoms with van der Waals surface area (Å²) in [6.07, 6.45) is 0.401. The number of hydrogen-bond donors (Lipinski definition) is 2. The molecule has 0 radical (unpaired) electrons. The Balaban J connectivity index is 2.17. The molecule has 4 heteroatoms. The molecule has 0 saturated carbocycles. The lowest BCUT2D eigenvalue weighted by atomic mass is 10.1. The highest BCUT2D eigenvalue weighted by Crippen LogP contribution is 2.23. The van der Waals surface area contributed by atoms with E-state index in [0.717, 1.165) is 11.1 Å². The normalized spacial score (nSPS) is 17.9. The van der Waals surface area contributed by atoms with Crippen LogP contribution in [0.25, 0.3) is 0 Å². The van der Waals surface area contributed by atoms with Crippen LogP contribution in [-0.2, 0) is 12.8 Å². The van der Waals surface area contributed by atoms with Crippen molar-refractivity contribution in [2.24, 2.45) is 0 Å². The zero-order valence-corrected chi connectivity index (χ0v) is 8.03. The standard InChI is InChI=1S/C11H10N2O2/c12-6-7-1-2-8-4-10(13-11(14)15)5-9(8)3-7/h1-3,10,13H,4-5H2,(H,14,15). The zero-order valence-electron chi connectivity index (χ0n) is 8.03. The summed E-state index contributed by atoms with van der Waals surface area (Å²) in [5.41, 5.74) is 2.84. The van der Waals surface area contributed by atoms with Crippen LogP contribution in [-0.4, -0.2) is 17.2 Å². The van der Waals surface area contributed by atoms with Crippen LogP contribution in [0.1, 0.15) is 16.7 Å². The summed E-state index contributed by atoms with van der Waals surface area (Å²) >= 11 is 0. The van der Waals surface area contributed by atoms with Gasteiger partial charge in [0.05, 0.1) is 11.6 Å². The topological polar surface area (TPSA) is 73.1 Å². The van der Waals surface area contributed by atoms with Crippen molar-refractivity contribution in [3.05, 3.63) is 34.9 Å². The van der Waals surface area contributed by atoms with Gasteiger partial charge in [0.15, 0.2) is 0 Å². The molecule has 0 heterocycles. The second-order valence-corrected chi connectivity index (χ2v) is 3.65. The zero-order chi connectivity index (χ0) is 10.8. The van der Waals surface area contributed by atoms with Crippen molar-refractivity contribution >= 4 is 6.09 Å². The fourth-order valence-corrected chi connectivity index (χ4v) is 1.96. The Morgan fingerprint density at radius 2 is 2.20 bits per heavy atom. The summed E-state index contributed by atoms with van der Waals surface area (Å²) in [6.45, 7) is 0. The number of fused-ring (bicyclic) bond motifs is 1. The maximum absolute atomic E-state index is 10.5. The second kappa shape index (κ2) is 3.62. The van der Waals surface area contributed by atoms with Gasteiger partial charge in [-0.05, 0) is 36.1 Å². The predicted octanol–water partition coefficient (Wildman–Crippen LogP) is 1.29.